The number of para-hydroxylation sites is 1. The molecule has 0 bridgehead atoms. The Balaban J connectivity index is 2.41. The van der Waals surface area contributed by atoms with E-state index in [2.05, 4.69) is 5.32 Å². The van der Waals surface area contributed by atoms with Crippen LogP contribution >= 0.6 is 0 Å². The third-order valence-corrected chi connectivity index (χ3v) is 2.48. The molecule has 2 nitrogen and oxygen atoms in total. The molecular formula is C10H11F2NO. The summed E-state index contributed by atoms with van der Waals surface area (Å²) in [5, 5.41) is 2.95. The Morgan fingerprint density at radius 1 is 1.50 bits per heavy atom. The first-order valence-corrected chi connectivity index (χ1v) is 4.43. The van der Waals surface area contributed by atoms with Gasteiger partial charge in [-0.2, -0.15) is 0 Å². The van der Waals surface area contributed by atoms with Gasteiger partial charge in [0.1, 0.15) is 5.75 Å². The van der Waals surface area contributed by atoms with E-state index in [4.69, 9.17) is 4.74 Å². The lowest BCUT2D eigenvalue weighted by Gasteiger charge is -2.09. The highest BCUT2D eigenvalue weighted by molar-refractivity contribution is 5.66. The number of hydrogen-bond acceptors (Lipinski definition) is 2. The number of benzene rings is 1. The molecule has 1 aromatic carbocycles. The standard InChI is InChI=1S/C10H11F2NO/c1-14-8-4-2-3-6-7(10(11)12)5-13-9(6)8/h2-4,7,10,13H,5H2,1H3. The number of methoxy groups -OCH3 is 1. The van der Waals surface area contributed by atoms with Gasteiger partial charge in [0, 0.05) is 6.54 Å². The zero-order chi connectivity index (χ0) is 10.1. The lowest BCUT2D eigenvalue weighted by molar-refractivity contribution is 0.121. The van der Waals surface area contributed by atoms with Crippen molar-refractivity contribution in [3.63, 3.8) is 0 Å². The van der Waals surface area contributed by atoms with Crippen molar-refractivity contribution >= 4 is 5.69 Å². The van der Waals surface area contributed by atoms with Crippen LogP contribution < -0.4 is 10.1 Å². The molecule has 1 aromatic rings. The quantitative estimate of drug-likeness (QED) is 0.790. The Hall–Kier alpha value is -1.32. The molecule has 2 rings (SSSR count). The molecular weight excluding hydrogens is 188 g/mol. The molecule has 0 amide bonds. The summed E-state index contributed by atoms with van der Waals surface area (Å²) in [4.78, 5) is 0. The van der Waals surface area contributed by atoms with E-state index in [0.717, 1.165) is 0 Å². The molecule has 0 fully saturated rings. The van der Waals surface area contributed by atoms with Gasteiger partial charge in [-0.1, -0.05) is 12.1 Å². The lowest BCUT2D eigenvalue weighted by atomic mass is 10.0. The summed E-state index contributed by atoms with van der Waals surface area (Å²) in [6.07, 6.45) is -2.32. The second-order valence-corrected chi connectivity index (χ2v) is 3.25. The van der Waals surface area contributed by atoms with Gasteiger partial charge in [-0.3, -0.25) is 0 Å². The van der Waals surface area contributed by atoms with E-state index in [-0.39, 0.29) is 6.54 Å². The molecule has 1 N–H and O–H groups in total. The van der Waals surface area contributed by atoms with Crippen LogP contribution in [0.2, 0.25) is 0 Å². The third kappa shape index (κ3) is 1.31. The van der Waals surface area contributed by atoms with Crippen molar-refractivity contribution in [1.82, 2.24) is 0 Å². The van der Waals surface area contributed by atoms with Gasteiger partial charge in [-0.25, -0.2) is 8.78 Å². The molecule has 0 radical (unpaired) electrons. The van der Waals surface area contributed by atoms with Gasteiger partial charge in [0.2, 0.25) is 6.43 Å². The fourth-order valence-corrected chi connectivity index (χ4v) is 1.76. The van der Waals surface area contributed by atoms with Crippen LogP contribution in [-0.2, 0) is 0 Å². The first kappa shape index (κ1) is 9.24. The van der Waals surface area contributed by atoms with Crippen LogP contribution in [0.5, 0.6) is 5.75 Å². The van der Waals surface area contributed by atoms with Crippen LogP contribution in [-0.4, -0.2) is 20.1 Å². The van der Waals surface area contributed by atoms with Gasteiger partial charge in [0.05, 0.1) is 18.7 Å². The molecule has 0 aliphatic carbocycles. The molecule has 0 saturated heterocycles. The summed E-state index contributed by atoms with van der Waals surface area (Å²) < 4.78 is 30.2. The summed E-state index contributed by atoms with van der Waals surface area (Å²) in [6.45, 7) is 0.285. The Morgan fingerprint density at radius 3 is 2.93 bits per heavy atom. The maximum Gasteiger partial charge on any atom is 0.247 e. The third-order valence-electron chi connectivity index (χ3n) is 2.48. The van der Waals surface area contributed by atoms with E-state index >= 15 is 0 Å². The van der Waals surface area contributed by atoms with Gasteiger partial charge in [-0.05, 0) is 11.6 Å². The summed E-state index contributed by atoms with van der Waals surface area (Å²) in [6, 6.07) is 5.22. The topological polar surface area (TPSA) is 21.3 Å². The van der Waals surface area contributed by atoms with Crippen LogP contribution in [0, 0.1) is 0 Å². The minimum absolute atomic E-state index is 0.285. The van der Waals surface area contributed by atoms with Gasteiger partial charge >= 0.3 is 0 Å². The van der Waals surface area contributed by atoms with Crippen molar-refractivity contribution in [2.75, 3.05) is 19.0 Å². The highest BCUT2D eigenvalue weighted by Crippen LogP contribution is 2.40. The van der Waals surface area contributed by atoms with E-state index in [0.29, 0.717) is 17.0 Å². The largest absolute Gasteiger partial charge is 0.495 e. The van der Waals surface area contributed by atoms with Crippen LogP contribution in [0.3, 0.4) is 0 Å². The number of fused-ring (bicyclic) bond motifs is 1. The van der Waals surface area contributed by atoms with E-state index in [1.54, 1.807) is 18.2 Å². The molecule has 0 spiro atoms. The van der Waals surface area contributed by atoms with Crippen molar-refractivity contribution in [3.8, 4) is 5.75 Å². The minimum Gasteiger partial charge on any atom is -0.495 e. The van der Waals surface area contributed by atoms with Gasteiger partial charge < -0.3 is 10.1 Å². The number of nitrogens with one attached hydrogen (secondary N) is 1. The first-order chi connectivity index (χ1) is 6.74. The Bertz CT molecular complexity index is 341. The summed E-state index contributed by atoms with van der Waals surface area (Å²) in [5.74, 6) is -0.0780. The first-order valence-electron chi connectivity index (χ1n) is 4.43. The molecule has 14 heavy (non-hydrogen) atoms. The predicted molar refractivity (Wildman–Crippen MR) is 50.2 cm³/mol. The average molecular weight is 199 g/mol. The van der Waals surface area contributed by atoms with E-state index in [1.807, 2.05) is 0 Å². The number of rotatable bonds is 2. The van der Waals surface area contributed by atoms with Crippen LogP contribution in [0.15, 0.2) is 18.2 Å². The van der Waals surface area contributed by atoms with E-state index < -0.39 is 12.3 Å². The highest BCUT2D eigenvalue weighted by atomic mass is 19.3. The SMILES string of the molecule is COc1cccc2c1NCC2C(F)F. The van der Waals surface area contributed by atoms with Crippen molar-refractivity contribution < 1.29 is 13.5 Å². The zero-order valence-corrected chi connectivity index (χ0v) is 7.76. The predicted octanol–water partition coefficient (Wildman–Crippen LogP) is 2.47. The highest BCUT2D eigenvalue weighted by Gasteiger charge is 2.31. The molecule has 0 saturated carbocycles. The number of hydrogen-bond donors (Lipinski definition) is 1. The normalized spacial score (nSPS) is 19.3. The Kier molecular flexibility index (Phi) is 2.27. The fourth-order valence-electron chi connectivity index (χ4n) is 1.76. The molecule has 1 atom stereocenters. The van der Waals surface area contributed by atoms with Crippen LogP contribution in [0.25, 0.3) is 0 Å². The fraction of sp³-hybridized carbons (Fsp3) is 0.400. The monoisotopic (exact) mass is 199 g/mol. The van der Waals surface area contributed by atoms with Crippen LogP contribution in [0.4, 0.5) is 14.5 Å². The molecule has 1 heterocycles. The molecule has 4 heteroatoms. The maximum absolute atomic E-state index is 12.6. The molecule has 1 aliphatic rings. The van der Waals surface area contributed by atoms with Crippen molar-refractivity contribution in [3.05, 3.63) is 23.8 Å². The maximum atomic E-state index is 12.6. The summed E-state index contributed by atoms with van der Waals surface area (Å²) >= 11 is 0. The lowest BCUT2D eigenvalue weighted by Crippen LogP contribution is -2.10. The second kappa shape index (κ2) is 3.44. The van der Waals surface area contributed by atoms with E-state index in [9.17, 15) is 8.78 Å². The Morgan fingerprint density at radius 2 is 2.29 bits per heavy atom. The number of anilines is 1. The number of halogens is 2. The van der Waals surface area contributed by atoms with Gasteiger partial charge in [-0.15, -0.1) is 0 Å². The zero-order valence-electron chi connectivity index (χ0n) is 7.76. The van der Waals surface area contributed by atoms with Crippen molar-refractivity contribution in [2.24, 2.45) is 0 Å². The van der Waals surface area contributed by atoms with Gasteiger partial charge in [0.15, 0.2) is 0 Å². The van der Waals surface area contributed by atoms with Crippen molar-refractivity contribution in [2.45, 2.75) is 12.3 Å². The average Bonchev–Trinajstić information content (AvgIpc) is 2.60. The number of ether oxygens (including phenoxy) is 1. The second-order valence-electron chi connectivity index (χ2n) is 3.25. The Labute approximate surface area is 80.9 Å². The molecule has 76 valence electrons. The van der Waals surface area contributed by atoms with Crippen molar-refractivity contribution in [1.29, 1.82) is 0 Å². The van der Waals surface area contributed by atoms with E-state index in [1.165, 1.54) is 7.11 Å². The summed E-state index contributed by atoms with van der Waals surface area (Å²) in [5.41, 5.74) is 1.36. The molecule has 1 aliphatic heterocycles. The molecule has 0 aromatic heterocycles. The number of alkyl halides is 2. The smallest absolute Gasteiger partial charge is 0.247 e. The minimum atomic E-state index is -2.32. The molecule has 1 unspecified atom stereocenters. The summed E-state index contributed by atoms with van der Waals surface area (Å²) in [7, 11) is 1.53. The van der Waals surface area contributed by atoms with Crippen LogP contribution in [0.1, 0.15) is 11.5 Å². The van der Waals surface area contributed by atoms with Gasteiger partial charge in [0.25, 0.3) is 0 Å².